The quantitative estimate of drug-likeness (QED) is 0.0424. The Morgan fingerprint density at radius 3 is 1.02 bits per heavy atom. The van der Waals surface area contributed by atoms with E-state index in [1.807, 2.05) is 23.9 Å². The average Bonchev–Trinajstić information content (AvgIpc) is 1.12. The van der Waals surface area contributed by atoms with Crippen molar-refractivity contribution < 1.29 is 78.1 Å². The molecule has 20 rings (SSSR count). The Labute approximate surface area is 757 Å². The van der Waals surface area contributed by atoms with Gasteiger partial charge < -0.3 is 77.2 Å². The summed E-state index contributed by atoms with van der Waals surface area (Å²) in [6, 6.07) is 33.8. The van der Waals surface area contributed by atoms with Crippen LogP contribution in [0.15, 0.2) is 171 Å². The highest BCUT2D eigenvalue weighted by Crippen LogP contribution is 2.41. The molecule has 30 nitrogen and oxygen atoms in total. The molecule has 5 amide bonds. The van der Waals surface area contributed by atoms with E-state index >= 15 is 8.78 Å². The van der Waals surface area contributed by atoms with Crippen molar-refractivity contribution in [3.8, 4) is 22.3 Å². The molecule has 5 aliphatic rings. The molecule has 40 heteroatoms. The van der Waals surface area contributed by atoms with E-state index in [2.05, 4.69) is 82.1 Å². The van der Waals surface area contributed by atoms with Crippen LogP contribution in [0.25, 0.3) is 76.8 Å². The number of aliphatic hydroxyl groups excluding tert-OH is 2. The van der Waals surface area contributed by atoms with Crippen LogP contribution in [0.2, 0.25) is 0 Å². The summed E-state index contributed by atoms with van der Waals surface area (Å²) in [4.78, 5) is 74.4. The number of benzene rings is 10. The number of carbonyl (C=O) groups excluding carboxylic acids is 5. The van der Waals surface area contributed by atoms with Gasteiger partial charge in [-0.05, 0) is 154 Å². The predicted octanol–water partition coefficient (Wildman–Crippen LogP) is 13.3. The number of hydrogen-bond acceptors (Lipinski definition) is 20. The number of carbonyl (C=O) groups is 5. The highest BCUT2D eigenvalue weighted by Gasteiger charge is 2.33. The molecule has 0 saturated carbocycles. The van der Waals surface area contributed by atoms with Crippen molar-refractivity contribution >= 4 is 130 Å². The van der Waals surface area contributed by atoms with Gasteiger partial charge in [-0.3, -0.25) is 49.5 Å². The van der Waals surface area contributed by atoms with Crippen LogP contribution in [-0.4, -0.2) is 232 Å². The minimum absolute atomic E-state index is 0.108. The third-order valence-electron chi connectivity index (χ3n) is 24.1. The lowest BCUT2D eigenvalue weighted by atomic mass is 9.97. The number of piperidine rings is 2. The molecule has 5 aromatic heterocycles. The number of H-pyrrole nitrogens is 5. The van der Waals surface area contributed by atoms with Gasteiger partial charge in [0.1, 0.15) is 46.5 Å². The Bertz CT molecular complexity index is 6570. The number of anilines is 8. The second-order valence-electron chi connectivity index (χ2n) is 32.9. The molecule has 134 heavy (non-hydrogen) atoms. The Morgan fingerprint density at radius 2 is 0.627 bits per heavy atom. The van der Waals surface area contributed by atoms with Crippen molar-refractivity contribution in [2.45, 2.75) is 37.9 Å². The zero-order valence-electron chi connectivity index (χ0n) is 72.2. The third-order valence-corrected chi connectivity index (χ3v) is 24.1. The summed E-state index contributed by atoms with van der Waals surface area (Å²) in [7, 11) is 3.99. The van der Waals surface area contributed by atoms with E-state index in [4.69, 9.17) is 11.5 Å². The fraction of sp³-hybridized carbons (Fsp3) is 0.255. The van der Waals surface area contributed by atoms with Crippen molar-refractivity contribution in [2.24, 2.45) is 11.5 Å². The highest BCUT2D eigenvalue weighted by molar-refractivity contribution is 6.08. The number of fused-ring (bicyclic) bond motifs is 5. The van der Waals surface area contributed by atoms with Crippen molar-refractivity contribution in [1.29, 1.82) is 0 Å². The summed E-state index contributed by atoms with van der Waals surface area (Å²) in [5, 5.41) is 68.2. The van der Waals surface area contributed by atoms with Gasteiger partial charge in [0.15, 0.2) is 11.6 Å². The topological polar surface area (TPSA) is 392 Å². The summed E-state index contributed by atoms with van der Waals surface area (Å²) < 4.78 is 146. The molecule has 0 bridgehead atoms. The molecule has 5 aliphatic heterocycles. The lowest BCUT2D eigenvalue weighted by molar-refractivity contribution is 0.0987. The van der Waals surface area contributed by atoms with Crippen LogP contribution in [0, 0.1) is 58.2 Å². The van der Waals surface area contributed by atoms with E-state index in [9.17, 15) is 69.3 Å². The van der Waals surface area contributed by atoms with Gasteiger partial charge in [-0.25, -0.2) is 43.9 Å². The molecule has 0 spiro atoms. The zero-order valence-corrected chi connectivity index (χ0v) is 72.2. The SMILES string of the molecule is CN1CCN(c2cc(C(=O)Nc3ccc4[nH]ncc4c3)c(F)cc2F)CC1.CN1CCN(c2cc(C(=O)Nc3ccc4cn[nH]c4c3)c(F)cc2F)CC1.NC(=O)c1cc(N2CCC(O)CC2)c(F)c(-c2ccc3[nH]ncc3c2)c1F.NC(=O)c1cc(N2CCC(O)CC2)c(F)c(-c2ccc3cn[nH]c3c2)c1F.O=C(Nc1ccc2cn[nH]c2c1)c1cc(N2CCNCC2)c(F)cc1F. The van der Waals surface area contributed by atoms with E-state index in [0.717, 1.165) is 100 Å². The first-order valence-corrected chi connectivity index (χ1v) is 42.9. The molecule has 5 saturated heterocycles. The summed E-state index contributed by atoms with van der Waals surface area (Å²) in [5.74, 6) is -11.9. The number of rotatable bonds is 15. The smallest absolute Gasteiger partial charge is 0.258 e. The van der Waals surface area contributed by atoms with Crippen LogP contribution in [0.4, 0.5) is 89.4 Å². The van der Waals surface area contributed by atoms with E-state index in [1.165, 1.54) is 18.2 Å². The van der Waals surface area contributed by atoms with Crippen molar-refractivity contribution in [3.05, 3.63) is 257 Å². The minimum atomic E-state index is -0.986. The number of halogens is 10. The van der Waals surface area contributed by atoms with Crippen LogP contribution in [-0.2, 0) is 0 Å². The number of nitrogens with two attached hydrogens (primary N) is 2. The summed E-state index contributed by atoms with van der Waals surface area (Å²) in [5.41, 5.74) is 15.5. The lowest BCUT2D eigenvalue weighted by Crippen LogP contribution is -2.44. The van der Waals surface area contributed by atoms with Crippen molar-refractivity contribution in [2.75, 3.05) is 159 Å². The second-order valence-corrected chi connectivity index (χ2v) is 32.9. The number of likely N-dealkylation sites (N-methyl/N-ethyl adjacent to an activating group) is 2. The van der Waals surface area contributed by atoms with E-state index in [1.54, 1.807) is 137 Å². The maximum Gasteiger partial charge on any atom is 0.258 e. The fourth-order valence-electron chi connectivity index (χ4n) is 16.5. The number of aliphatic hydroxyl groups is 2. The van der Waals surface area contributed by atoms with Gasteiger partial charge >= 0.3 is 0 Å². The fourth-order valence-corrected chi connectivity index (χ4v) is 16.5. The molecule has 10 aromatic carbocycles. The van der Waals surface area contributed by atoms with E-state index in [0.29, 0.717) is 138 Å². The number of piperazine rings is 3. The van der Waals surface area contributed by atoms with Crippen LogP contribution in [0.1, 0.15) is 77.5 Å². The maximum absolute atomic E-state index is 15.4. The highest BCUT2D eigenvalue weighted by atomic mass is 19.2. The average molecular weight is 1840 g/mol. The van der Waals surface area contributed by atoms with Gasteiger partial charge in [0.05, 0.1) is 138 Å². The van der Waals surface area contributed by atoms with E-state index < -0.39 is 99.9 Å². The lowest BCUT2D eigenvalue weighted by Gasteiger charge is -2.34. The van der Waals surface area contributed by atoms with Gasteiger partial charge in [0.2, 0.25) is 0 Å². The van der Waals surface area contributed by atoms with Crippen LogP contribution in [0.3, 0.4) is 0 Å². The minimum Gasteiger partial charge on any atom is -0.393 e. The molecular formula is C94H91F10N23O7. The first-order valence-electron chi connectivity index (χ1n) is 42.9. The molecule has 694 valence electrons. The van der Waals surface area contributed by atoms with Gasteiger partial charge in [0.25, 0.3) is 29.5 Å². The summed E-state index contributed by atoms with van der Waals surface area (Å²) >= 11 is 0. The molecule has 15 N–H and O–H groups in total. The Kier molecular flexibility index (Phi) is 27.8. The largest absolute Gasteiger partial charge is 0.393 e. The number of aromatic amines is 5. The molecule has 0 atom stereocenters. The number of nitrogens with zero attached hydrogens (tertiary/aromatic N) is 12. The number of nitrogens with one attached hydrogen (secondary N) is 9. The Hall–Kier alpha value is -15.0. The number of amides is 5. The molecule has 0 aliphatic carbocycles. The normalized spacial score (nSPS) is 15.2. The Balaban J connectivity index is 0.000000122. The molecule has 5 fully saturated rings. The van der Waals surface area contributed by atoms with Gasteiger partial charge in [-0.2, -0.15) is 25.5 Å². The first kappa shape index (κ1) is 92.3. The summed E-state index contributed by atoms with van der Waals surface area (Å²) in [6.45, 7) is 9.84. The van der Waals surface area contributed by atoms with Gasteiger partial charge in [0, 0.05) is 167 Å². The monoisotopic (exact) mass is 1840 g/mol. The first-order chi connectivity index (χ1) is 64.5. The molecule has 0 radical (unpaired) electrons. The second kappa shape index (κ2) is 40.4. The van der Waals surface area contributed by atoms with Crippen LogP contribution >= 0.6 is 0 Å². The number of hydrogen-bond donors (Lipinski definition) is 13. The van der Waals surface area contributed by atoms with Gasteiger partial charge in [-0.15, -0.1) is 0 Å². The van der Waals surface area contributed by atoms with Crippen molar-refractivity contribution in [1.82, 2.24) is 66.1 Å². The van der Waals surface area contributed by atoms with Crippen LogP contribution in [0.5, 0.6) is 0 Å². The van der Waals surface area contributed by atoms with Crippen molar-refractivity contribution in [3.63, 3.8) is 0 Å². The van der Waals surface area contributed by atoms with E-state index in [-0.39, 0.29) is 72.9 Å². The molecule has 0 unspecified atom stereocenters. The number of primary amides is 2. The number of aromatic nitrogens is 10. The summed E-state index contributed by atoms with van der Waals surface area (Å²) in [6.07, 6.45) is 9.13. The zero-order chi connectivity index (χ0) is 94.3. The third kappa shape index (κ3) is 20.7. The Morgan fingerprint density at radius 1 is 0.321 bits per heavy atom. The molecule has 15 aromatic rings. The predicted molar refractivity (Wildman–Crippen MR) is 491 cm³/mol. The molecule has 10 heterocycles. The van der Waals surface area contributed by atoms with Gasteiger partial charge in [-0.1, -0.05) is 18.2 Å². The standard InChI is InChI=1S/2C19H19F2N5O.2C19H18F2N4O2.C18H17F2N5O/c1-25-4-6-26(7-5-25)18-9-14(15(20)10-16(18)21)19(27)23-13-2-3-17-12(8-13)11-22-24-17;1-25-4-6-26(7-5-25)18-9-14(15(20)10-16(18)21)19(27)23-13-3-2-12-11-22-24-17(12)8-13;20-17-13(19(22)27)8-15(25-5-3-12(26)4-6-25)18(21)16(17)10-1-2-14-11(7-10)9-23-24-14;20-17-13(19(22)27)8-15(25-5-3-12(26)4-6-25)18(21)16(17)10-1-2-11-9-23-24-14(11)7-10;19-14-9-15(20)17(25-5-3-21-4-6-25)8-13(14)18(26)23-12-2-1-11-10-22-24-16(11)7-12/h2*2-3,8-11H,4-7H2,1H3,(H,22,24)(H,23,27);2*1-2,7-9,12,26H,3-6H2,(H2,22,27)(H,23,24);1-2,7-10,21H,3-6H2,(H,22,24)(H,23,26). The maximum atomic E-state index is 15.4. The molecular weight excluding hydrogens is 1750 g/mol. The van der Waals surface area contributed by atoms with Crippen LogP contribution < -0.4 is 57.2 Å².